The van der Waals surface area contributed by atoms with Crippen molar-refractivity contribution in [3.8, 4) is 11.5 Å². The van der Waals surface area contributed by atoms with Crippen molar-refractivity contribution in [1.29, 1.82) is 0 Å². The molecule has 0 saturated carbocycles. The standard InChI is InChI=1S/C23H27ClN2O5S/c24-20-13-18(14-21-23(20)31-12-4-11-30-21)16-25-22(27)15-17-5-7-19(8-6-17)32(28,29)26-9-2-1-3-10-26/h5-8,13-14H,1-4,9-12,15-16H2,(H,25,27). The second kappa shape index (κ2) is 10.1. The summed E-state index contributed by atoms with van der Waals surface area (Å²) >= 11 is 6.30. The van der Waals surface area contributed by atoms with E-state index in [1.165, 1.54) is 0 Å². The predicted molar refractivity (Wildman–Crippen MR) is 122 cm³/mol. The maximum Gasteiger partial charge on any atom is 0.243 e. The molecule has 0 spiro atoms. The number of nitrogens with one attached hydrogen (secondary N) is 1. The third-order valence-electron chi connectivity index (χ3n) is 5.59. The summed E-state index contributed by atoms with van der Waals surface area (Å²) in [6, 6.07) is 10.1. The van der Waals surface area contributed by atoms with Gasteiger partial charge in [-0.05, 0) is 48.2 Å². The van der Waals surface area contributed by atoms with Crippen molar-refractivity contribution in [2.75, 3.05) is 26.3 Å². The van der Waals surface area contributed by atoms with Crippen LogP contribution in [-0.4, -0.2) is 44.9 Å². The number of hydrogen-bond acceptors (Lipinski definition) is 5. The Labute approximate surface area is 193 Å². The summed E-state index contributed by atoms with van der Waals surface area (Å²) in [5.41, 5.74) is 1.56. The fourth-order valence-electron chi connectivity index (χ4n) is 3.87. The molecule has 0 unspecified atom stereocenters. The Morgan fingerprint density at radius 3 is 2.44 bits per heavy atom. The minimum absolute atomic E-state index is 0.155. The fraction of sp³-hybridized carbons (Fsp3) is 0.435. The Hall–Kier alpha value is -2.29. The van der Waals surface area contributed by atoms with Crippen molar-refractivity contribution in [2.24, 2.45) is 0 Å². The molecule has 0 bridgehead atoms. The number of hydrogen-bond donors (Lipinski definition) is 1. The fourth-order valence-corrected chi connectivity index (χ4v) is 5.67. The molecule has 1 amide bonds. The smallest absolute Gasteiger partial charge is 0.243 e. The molecule has 2 aromatic rings. The molecule has 9 heteroatoms. The van der Waals surface area contributed by atoms with Gasteiger partial charge in [0.05, 0.1) is 29.6 Å². The zero-order chi connectivity index (χ0) is 22.6. The highest BCUT2D eigenvalue weighted by Gasteiger charge is 2.25. The lowest BCUT2D eigenvalue weighted by Crippen LogP contribution is -2.35. The predicted octanol–water partition coefficient (Wildman–Crippen LogP) is 3.53. The molecule has 0 aromatic heterocycles. The molecule has 7 nitrogen and oxygen atoms in total. The summed E-state index contributed by atoms with van der Waals surface area (Å²) in [5.74, 6) is 0.962. The van der Waals surface area contributed by atoms with Crippen LogP contribution in [0.5, 0.6) is 11.5 Å². The zero-order valence-electron chi connectivity index (χ0n) is 17.8. The van der Waals surface area contributed by atoms with E-state index >= 15 is 0 Å². The second-order valence-corrected chi connectivity index (χ2v) is 10.4. The summed E-state index contributed by atoms with van der Waals surface area (Å²) < 4.78 is 38.3. The molecule has 2 aliphatic heterocycles. The maximum atomic E-state index is 12.7. The first-order chi connectivity index (χ1) is 15.4. The van der Waals surface area contributed by atoms with E-state index in [0.717, 1.165) is 36.8 Å². The van der Waals surface area contributed by atoms with E-state index in [1.54, 1.807) is 34.6 Å². The summed E-state index contributed by atoms with van der Waals surface area (Å²) in [6.45, 7) is 2.55. The van der Waals surface area contributed by atoms with E-state index in [-0.39, 0.29) is 17.2 Å². The zero-order valence-corrected chi connectivity index (χ0v) is 19.4. The van der Waals surface area contributed by atoms with Crippen LogP contribution in [0.1, 0.15) is 36.8 Å². The highest BCUT2D eigenvalue weighted by Crippen LogP contribution is 2.38. The molecule has 1 fully saturated rings. The van der Waals surface area contributed by atoms with Crippen LogP contribution in [0.2, 0.25) is 5.02 Å². The molecular weight excluding hydrogens is 452 g/mol. The van der Waals surface area contributed by atoms with Gasteiger partial charge in [0.25, 0.3) is 0 Å². The van der Waals surface area contributed by atoms with E-state index in [9.17, 15) is 13.2 Å². The molecular formula is C23H27ClN2O5S. The van der Waals surface area contributed by atoms with E-state index in [0.29, 0.717) is 49.4 Å². The first-order valence-corrected chi connectivity index (χ1v) is 12.7. The van der Waals surface area contributed by atoms with Crippen molar-refractivity contribution >= 4 is 27.5 Å². The molecule has 2 aliphatic rings. The Kier molecular flexibility index (Phi) is 7.23. The summed E-state index contributed by atoms with van der Waals surface area (Å²) in [7, 11) is -3.47. The SMILES string of the molecule is O=C(Cc1ccc(S(=O)(=O)N2CCCCC2)cc1)NCc1cc(Cl)c2c(c1)OCCCO2. The molecule has 0 aliphatic carbocycles. The Morgan fingerprint density at radius 1 is 0.969 bits per heavy atom. The molecule has 0 atom stereocenters. The molecule has 0 radical (unpaired) electrons. The van der Waals surface area contributed by atoms with Crippen LogP contribution in [0, 0.1) is 0 Å². The Morgan fingerprint density at radius 2 is 1.69 bits per heavy atom. The normalized spacial score (nSPS) is 16.9. The molecule has 2 heterocycles. The molecule has 1 saturated heterocycles. The van der Waals surface area contributed by atoms with Gasteiger partial charge in [-0.2, -0.15) is 4.31 Å². The van der Waals surface area contributed by atoms with Gasteiger partial charge in [-0.1, -0.05) is 30.2 Å². The number of carbonyl (C=O) groups is 1. The molecule has 32 heavy (non-hydrogen) atoms. The number of fused-ring (bicyclic) bond motifs is 1. The third-order valence-corrected chi connectivity index (χ3v) is 7.79. The quantitative estimate of drug-likeness (QED) is 0.686. The second-order valence-electron chi connectivity index (χ2n) is 8.02. The van der Waals surface area contributed by atoms with Crippen molar-refractivity contribution in [3.63, 3.8) is 0 Å². The van der Waals surface area contributed by atoms with Crippen LogP contribution in [0.3, 0.4) is 0 Å². The lowest BCUT2D eigenvalue weighted by Gasteiger charge is -2.25. The van der Waals surface area contributed by atoms with E-state index in [2.05, 4.69) is 5.32 Å². The minimum atomic E-state index is -3.47. The van der Waals surface area contributed by atoms with Crippen molar-refractivity contribution < 1.29 is 22.7 Å². The van der Waals surface area contributed by atoms with E-state index in [4.69, 9.17) is 21.1 Å². The first-order valence-electron chi connectivity index (χ1n) is 10.9. The summed E-state index contributed by atoms with van der Waals surface area (Å²) in [4.78, 5) is 12.7. The Balaban J connectivity index is 1.34. The molecule has 4 rings (SSSR count). The number of ether oxygens (including phenoxy) is 2. The van der Waals surface area contributed by atoms with Gasteiger partial charge in [-0.15, -0.1) is 0 Å². The molecule has 172 valence electrons. The molecule has 2 aromatic carbocycles. The van der Waals surface area contributed by atoms with Gasteiger partial charge in [-0.3, -0.25) is 4.79 Å². The number of halogens is 1. The van der Waals surface area contributed by atoms with Gasteiger partial charge in [0.15, 0.2) is 11.5 Å². The number of sulfonamides is 1. The maximum absolute atomic E-state index is 12.7. The largest absolute Gasteiger partial charge is 0.489 e. The van der Waals surface area contributed by atoms with Crippen LogP contribution in [0.15, 0.2) is 41.3 Å². The number of amides is 1. The van der Waals surface area contributed by atoms with Crippen molar-refractivity contribution in [3.05, 3.63) is 52.5 Å². The summed E-state index contributed by atoms with van der Waals surface area (Å²) in [6.07, 6.45) is 3.80. The van der Waals surface area contributed by atoms with Crippen LogP contribution in [0.25, 0.3) is 0 Å². The van der Waals surface area contributed by atoms with E-state index < -0.39 is 10.0 Å². The number of carbonyl (C=O) groups excluding carboxylic acids is 1. The monoisotopic (exact) mass is 478 g/mol. The van der Waals surface area contributed by atoms with Gasteiger partial charge < -0.3 is 14.8 Å². The van der Waals surface area contributed by atoms with Crippen LogP contribution in [0.4, 0.5) is 0 Å². The highest BCUT2D eigenvalue weighted by molar-refractivity contribution is 7.89. The van der Waals surface area contributed by atoms with Gasteiger partial charge in [0.1, 0.15) is 0 Å². The number of nitrogens with zero attached hydrogens (tertiary/aromatic N) is 1. The topological polar surface area (TPSA) is 84.9 Å². The number of piperidine rings is 1. The summed E-state index contributed by atoms with van der Waals surface area (Å²) in [5, 5.41) is 3.33. The lowest BCUT2D eigenvalue weighted by atomic mass is 10.1. The lowest BCUT2D eigenvalue weighted by molar-refractivity contribution is -0.120. The number of rotatable bonds is 6. The molecule has 1 N–H and O–H groups in total. The van der Waals surface area contributed by atoms with Crippen molar-refractivity contribution in [2.45, 2.75) is 43.5 Å². The Bertz CT molecular complexity index is 1070. The third kappa shape index (κ3) is 5.36. The van der Waals surface area contributed by atoms with Crippen LogP contribution >= 0.6 is 11.6 Å². The minimum Gasteiger partial charge on any atom is -0.489 e. The van der Waals surface area contributed by atoms with Crippen LogP contribution in [-0.2, 0) is 27.8 Å². The van der Waals surface area contributed by atoms with Crippen molar-refractivity contribution in [1.82, 2.24) is 9.62 Å². The van der Waals surface area contributed by atoms with E-state index in [1.807, 2.05) is 6.07 Å². The first kappa shape index (κ1) is 22.9. The number of benzene rings is 2. The van der Waals surface area contributed by atoms with Gasteiger partial charge in [-0.25, -0.2) is 8.42 Å². The van der Waals surface area contributed by atoms with Crippen LogP contribution < -0.4 is 14.8 Å². The average Bonchev–Trinajstić information content (AvgIpc) is 3.05. The highest BCUT2D eigenvalue weighted by atomic mass is 35.5. The average molecular weight is 479 g/mol. The van der Waals surface area contributed by atoms with Gasteiger partial charge >= 0.3 is 0 Å². The van der Waals surface area contributed by atoms with Gasteiger partial charge in [0, 0.05) is 26.1 Å². The van der Waals surface area contributed by atoms with Gasteiger partial charge in [0.2, 0.25) is 15.9 Å².